The Bertz CT molecular complexity index is 448. The van der Waals surface area contributed by atoms with E-state index in [0.717, 1.165) is 0 Å². The molecule has 0 aromatic carbocycles. The van der Waals surface area contributed by atoms with Crippen LogP contribution < -0.4 is 0 Å². The molecule has 1 aromatic heterocycles. The van der Waals surface area contributed by atoms with Crippen LogP contribution >= 0.6 is 0 Å². The van der Waals surface area contributed by atoms with Crippen LogP contribution in [0.5, 0.6) is 0 Å². The SMILES string of the molecule is O=CN=Nc1noc([N+](=O)[O-])c1[N+](=O)[O-]. The summed E-state index contributed by atoms with van der Waals surface area (Å²) >= 11 is 0. The summed E-state index contributed by atoms with van der Waals surface area (Å²) in [6, 6.07) is 0. The number of nitrogens with zero attached hydrogens (tertiary/aromatic N) is 5. The monoisotopic (exact) mass is 215 g/mol. The molecule has 0 fully saturated rings. The Morgan fingerprint density at radius 1 is 1.33 bits per heavy atom. The molecule has 1 heterocycles. The summed E-state index contributed by atoms with van der Waals surface area (Å²) in [6.07, 6.45) is -0.00968. The Hall–Kier alpha value is -2.72. The number of amides is 1. The maximum absolute atomic E-state index is 10.4. The molecule has 0 bridgehead atoms. The molecule has 0 aliphatic carbocycles. The first kappa shape index (κ1) is 10.4. The lowest BCUT2D eigenvalue weighted by atomic mass is 10.5. The zero-order valence-corrected chi connectivity index (χ0v) is 6.76. The normalized spacial score (nSPS) is 10.4. The summed E-state index contributed by atoms with van der Waals surface area (Å²) in [4.78, 5) is 28.2. The Kier molecular flexibility index (Phi) is 2.76. The van der Waals surface area contributed by atoms with Crippen LogP contribution in [0.2, 0.25) is 0 Å². The minimum atomic E-state index is -1.17. The van der Waals surface area contributed by atoms with Gasteiger partial charge in [0.2, 0.25) is 0 Å². The fraction of sp³-hybridized carbons (Fsp3) is 0. The Morgan fingerprint density at radius 2 is 2.00 bits per heavy atom. The fourth-order valence-electron chi connectivity index (χ4n) is 0.692. The first-order chi connectivity index (χ1) is 7.07. The molecule has 15 heavy (non-hydrogen) atoms. The zero-order chi connectivity index (χ0) is 11.4. The number of carbonyl (C=O) groups is 1. The summed E-state index contributed by atoms with van der Waals surface area (Å²) in [7, 11) is 0. The van der Waals surface area contributed by atoms with Gasteiger partial charge in [0, 0.05) is 0 Å². The first-order valence-corrected chi connectivity index (χ1v) is 3.21. The number of hydrogen-bond acceptors (Lipinski definition) is 8. The van der Waals surface area contributed by atoms with Gasteiger partial charge in [-0.2, -0.15) is 0 Å². The van der Waals surface area contributed by atoms with Crippen molar-refractivity contribution in [3.8, 4) is 0 Å². The van der Waals surface area contributed by atoms with Crippen LogP contribution in [0.25, 0.3) is 0 Å². The zero-order valence-electron chi connectivity index (χ0n) is 6.76. The predicted octanol–water partition coefficient (Wildman–Crippen LogP) is 0.731. The summed E-state index contributed by atoms with van der Waals surface area (Å²) in [5.41, 5.74) is -1.05. The van der Waals surface area contributed by atoms with E-state index in [1.165, 1.54) is 0 Å². The van der Waals surface area contributed by atoms with E-state index in [-0.39, 0.29) is 6.41 Å². The molecule has 0 spiro atoms. The third kappa shape index (κ3) is 1.96. The highest BCUT2D eigenvalue weighted by Gasteiger charge is 2.37. The van der Waals surface area contributed by atoms with Gasteiger partial charge in [-0.3, -0.25) is 29.5 Å². The van der Waals surface area contributed by atoms with Crippen molar-refractivity contribution in [2.45, 2.75) is 0 Å². The van der Waals surface area contributed by atoms with Crippen molar-refractivity contribution in [3.05, 3.63) is 20.2 Å². The smallest absolute Gasteiger partial charge is 0.281 e. The molecule has 0 saturated heterocycles. The number of nitro groups is 2. The van der Waals surface area contributed by atoms with Gasteiger partial charge in [0.1, 0.15) is 4.92 Å². The lowest BCUT2D eigenvalue weighted by Crippen LogP contribution is -1.92. The lowest BCUT2D eigenvalue weighted by Gasteiger charge is -1.83. The number of hydrogen-bond donors (Lipinski definition) is 0. The maximum Gasteiger partial charge on any atom is 0.537 e. The summed E-state index contributed by atoms with van der Waals surface area (Å²) in [5, 5.41) is 29.2. The number of azo groups is 1. The second kappa shape index (κ2) is 3.99. The quantitative estimate of drug-likeness (QED) is 0.310. The van der Waals surface area contributed by atoms with Gasteiger partial charge < -0.3 is 0 Å². The largest absolute Gasteiger partial charge is 0.537 e. The van der Waals surface area contributed by atoms with Crippen molar-refractivity contribution >= 4 is 23.8 Å². The Labute approximate surface area is 79.7 Å². The van der Waals surface area contributed by atoms with E-state index >= 15 is 0 Å². The topological polar surface area (TPSA) is 154 Å². The molecule has 0 N–H and O–H groups in total. The van der Waals surface area contributed by atoms with Gasteiger partial charge >= 0.3 is 17.4 Å². The van der Waals surface area contributed by atoms with Gasteiger partial charge in [-0.15, -0.1) is 10.2 Å². The van der Waals surface area contributed by atoms with E-state index in [1.54, 1.807) is 0 Å². The van der Waals surface area contributed by atoms with Gasteiger partial charge in [-0.05, 0) is 5.16 Å². The van der Waals surface area contributed by atoms with Gasteiger partial charge in [-0.1, -0.05) is 0 Å². The van der Waals surface area contributed by atoms with E-state index in [4.69, 9.17) is 0 Å². The van der Waals surface area contributed by atoms with Crippen LogP contribution in [-0.4, -0.2) is 21.4 Å². The van der Waals surface area contributed by atoms with Crippen molar-refractivity contribution in [2.24, 2.45) is 10.2 Å². The minimum absolute atomic E-state index is 0.00968. The van der Waals surface area contributed by atoms with E-state index in [9.17, 15) is 25.0 Å². The average Bonchev–Trinajstić information content (AvgIpc) is 2.58. The van der Waals surface area contributed by atoms with Crippen LogP contribution in [0, 0.1) is 20.2 Å². The summed E-state index contributed by atoms with van der Waals surface area (Å²) < 4.78 is 4.06. The molecule has 0 radical (unpaired) electrons. The molecule has 0 aliphatic heterocycles. The second-order valence-corrected chi connectivity index (χ2v) is 2.00. The highest BCUT2D eigenvalue weighted by atomic mass is 16.7. The van der Waals surface area contributed by atoms with Crippen molar-refractivity contribution in [3.63, 3.8) is 0 Å². The average molecular weight is 215 g/mol. The van der Waals surface area contributed by atoms with Crippen molar-refractivity contribution in [1.82, 2.24) is 5.16 Å². The third-order valence-corrected chi connectivity index (χ3v) is 1.18. The second-order valence-electron chi connectivity index (χ2n) is 2.00. The van der Waals surface area contributed by atoms with Gasteiger partial charge in [0.25, 0.3) is 6.41 Å². The standard InChI is InChI=1S/C4HN5O6/c10-1-5-6-3-2(8(11)12)4(9(13)14)15-7-3/h1H. The van der Waals surface area contributed by atoms with Gasteiger partial charge in [0.05, 0.1) is 4.92 Å². The van der Waals surface area contributed by atoms with E-state index in [2.05, 4.69) is 19.9 Å². The Morgan fingerprint density at radius 3 is 2.47 bits per heavy atom. The first-order valence-electron chi connectivity index (χ1n) is 3.21. The van der Waals surface area contributed by atoms with E-state index in [1.807, 2.05) is 0 Å². The number of carbonyl (C=O) groups excluding carboxylic acids is 1. The van der Waals surface area contributed by atoms with Crippen LogP contribution in [0.1, 0.15) is 0 Å². The van der Waals surface area contributed by atoms with Crippen LogP contribution in [0.15, 0.2) is 14.8 Å². The molecule has 0 atom stereocenters. The molecule has 11 nitrogen and oxygen atoms in total. The minimum Gasteiger partial charge on any atom is -0.281 e. The van der Waals surface area contributed by atoms with E-state index < -0.39 is 27.2 Å². The highest BCUT2D eigenvalue weighted by molar-refractivity contribution is 5.60. The van der Waals surface area contributed by atoms with E-state index in [0.29, 0.717) is 0 Å². The third-order valence-electron chi connectivity index (χ3n) is 1.18. The molecule has 0 unspecified atom stereocenters. The van der Waals surface area contributed by atoms with Crippen LogP contribution in [0.3, 0.4) is 0 Å². The van der Waals surface area contributed by atoms with Crippen molar-refractivity contribution in [2.75, 3.05) is 0 Å². The highest BCUT2D eigenvalue weighted by Crippen LogP contribution is 2.35. The van der Waals surface area contributed by atoms with Crippen molar-refractivity contribution in [1.29, 1.82) is 0 Å². The van der Waals surface area contributed by atoms with Gasteiger partial charge in [-0.25, -0.2) is 0 Å². The summed E-state index contributed by atoms with van der Waals surface area (Å²) in [6.45, 7) is 0. The molecule has 0 aliphatic rings. The van der Waals surface area contributed by atoms with Crippen LogP contribution in [0.4, 0.5) is 17.4 Å². The molecule has 78 valence electrons. The molecular formula is C4HN5O6. The molecule has 1 aromatic rings. The molecule has 0 saturated carbocycles. The molecular weight excluding hydrogens is 214 g/mol. The summed E-state index contributed by atoms with van der Waals surface area (Å²) in [5.74, 6) is -1.90. The van der Waals surface area contributed by atoms with Crippen LogP contribution in [-0.2, 0) is 4.79 Å². The van der Waals surface area contributed by atoms with Crippen molar-refractivity contribution < 1.29 is 19.2 Å². The molecule has 1 rings (SSSR count). The number of aromatic nitrogens is 1. The number of rotatable bonds is 4. The Balaban J connectivity index is 3.29. The molecule has 11 heteroatoms. The maximum atomic E-state index is 10.4. The van der Waals surface area contributed by atoms with Gasteiger partial charge in [0.15, 0.2) is 0 Å². The fourth-order valence-corrected chi connectivity index (χ4v) is 0.692. The molecule has 1 amide bonds. The predicted molar refractivity (Wildman–Crippen MR) is 40.4 cm³/mol. The lowest BCUT2D eigenvalue weighted by molar-refractivity contribution is -0.433.